The molecule has 98 valence electrons. The summed E-state index contributed by atoms with van der Waals surface area (Å²) in [5.74, 6) is -1.32. The summed E-state index contributed by atoms with van der Waals surface area (Å²) >= 11 is 0. The lowest BCUT2D eigenvalue weighted by Crippen LogP contribution is -2.23. The Labute approximate surface area is 108 Å². The second kappa shape index (κ2) is 4.94. The van der Waals surface area contributed by atoms with E-state index in [1.165, 1.54) is 18.2 Å². The Kier molecular flexibility index (Phi) is 3.33. The van der Waals surface area contributed by atoms with E-state index in [1.807, 2.05) is 6.07 Å². The highest BCUT2D eigenvalue weighted by Crippen LogP contribution is 2.29. The molecule has 0 aromatic heterocycles. The first-order chi connectivity index (χ1) is 9.02. The minimum atomic E-state index is -0.858. The molecule has 0 amide bonds. The second-order valence-electron chi connectivity index (χ2n) is 4.34. The van der Waals surface area contributed by atoms with Crippen LogP contribution in [-0.4, -0.2) is 29.1 Å². The highest BCUT2D eigenvalue weighted by Gasteiger charge is 2.29. The molecule has 0 spiro atoms. The molecule has 7 heteroatoms. The SMILES string of the molecule is N#Cc1cc([N+](=O)[O-])ccc1N1CCC(C(=O)O)C1. The van der Waals surface area contributed by atoms with Gasteiger partial charge in [0.15, 0.2) is 0 Å². The van der Waals surface area contributed by atoms with Crippen LogP contribution in [0.5, 0.6) is 0 Å². The van der Waals surface area contributed by atoms with Crippen molar-refractivity contribution in [3.8, 4) is 6.07 Å². The molecule has 1 N–H and O–H groups in total. The number of benzene rings is 1. The molecular formula is C12H11N3O4. The third kappa shape index (κ3) is 2.47. The summed E-state index contributed by atoms with van der Waals surface area (Å²) in [7, 11) is 0. The zero-order chi connectivity index (χ0) is 14.0. The number of hydrogen-bond donors (Lipinski definition) is 1. The van der Waals surface area contributed by atoms with Crippen molar-refractivity contribution >= 4 is 17.3 Å². The van der Waals surface area contributed by atoms with Crippen molar-refractivity contribution in [1.29, 1.82) is 5.26 Å². The van der Waals surface area contributed by atoms with Crippen molar-refractivity contribution in [2.75, 3.05) is 18.0 Å². The molecule has 1 fully saturated rings. The number of non-ortho nitro benzene ring substituents is 1. The summed E-state index contributed by atoms with van der Waals surface area (Å²) < 4.78 is 0. The van der Waals surface area contributed by atoms with Crippen LogP contribution in [-0.2, 0) is 4.79 Å². The number of nitro benzene ring substituents is 1. The zero-order valence-electron chi connectivity index (χ0n) is 9.94. The van der Waals surface area contributed by atoms with Gasteiger partial charge in [0.25, 0.3) is 5.69 Å². The monoisotopic (exact) mass is 261 g/mol. The van der Waals surface area contributed by atoms with Crippen molar-refractivity contribution < 1.29 is 14.8 Å². The predicted molar refractivity (Wildman–Crippen MR) is 65.8 cm³/mol. The lowest BCUT2D eigenvalue weighted by atomic mass is 10.1. The van der Waals surface area contributed by atoms with Gasteiger partial charge >= 0.3 is 5.97 Å². The van der Waals surface area contributed by atoms with Gasteiger partial charge in [0.05, 0.1) is 22.1 Å². The molecule has 7 nitrogen and oxygen atoms in total. The van der Waals surface area contributed by atoms with Crippen LogP contribution in [0, 0.1) is 27.4 Å². The van der Waals surface area contributed by atoms with Crippen LogP contribution in [0.25, 0.3) is 0 Å². The minimum absolute atomic E-state index is 0.144. The van der Waals surface area contributed by atoms with Gasteiger partial charge in [0.1, 0.15) is 6.07 Å². The van der Waals surface area contributed by atoms with Crippen molar-refractivity contribution in [3.05, 3.63) is 33.9 Å². The second-order valence-corrected chi connectivity index (χ2v) is 4.34. The fraction of sp³-hybridized carbons (Fsp3) is 0.333. The summed E-state index contributed by atoms with van der Waals surface area (Å²) in [6.07, 6.45) is 0.511. The van der Waals surface area contributed by atoms with Gasteiger partial charge < -0.3 is 10.0 Å². The highest BCUT2D eigenvalue weighted by atomic mass is 16.6. The number of carboxylic acid groups (broad SMARTS) is 1. The predicted octanol–water partition coefficient (Wildman–Crippen LogP) is 1.38. The van der Waals surface area contributed by atoms with E-state index in [0.717, 1.165) is 0 Å². The lowest BCUT2D eigenvalue weighted by molar-refractivity contribution is -0.384. The summed E-state index contributed by atoms with van der Waals surface area (Å²) in [5, 5.41) is 28.6. The number of anilines is 1. The number of aliphatic carboxylic acids is 1. The molecule has 1 saturated heterocycles. The Hall–Kier alpha value is -2.62. The molecule has 0 radical (unpaired) electrons. The third-order valence-corrected chi connectivity index (χ3v) is 3.19. The number of carbonyl (C=O) groups is 1. The van der Waals surface area contributed by atoms with E-state index >= 15 is 0 Å². The highest BCUT2D eigenvalue weighted by molar-refractivity contribution is 5.73. The van der Waals surface area contributed by atoms with E-state index < -0.39 is 16.8 Å². The van der Waals surface area contributed by atoms with Gasteiger partial charge in [-0.25, -0.2) is 0 Å². The number of rotatable bonds is 3. The summed E-state index contributed by atoms with van der Waals surface area (Å²) in [5.41, 5.74) is 0.603. The molecule has 1 heterocycles. The molecule has 1 unspecified atom stereocenters. The van der Waals surface area contributed by atoms with Crippen molar-refractivity contribution in [2.24, 2.45) is 5.92 Å². The largest absolute Gasteiger partial charge is 0.481 e. The third-order valence-electron chi connectivity index (χ3n) is 3.19. The van der Waals surface area contributed by atoms with E-state index in [4.69, 9.17) is 10.4 Å². The quantitative estimate of drug-likeness (QED) is 0.650. The van der Waals surface area contributed by atoms with Gasteiger partial charge in [-0.15, -0.1) is 0 Å². The first-order valence-electron chi connectivity index (χ1n) is 5.69. The maximum Gasteiger partial charge on any atom is 0.308 e. The van der Waals surface area contributed by atoms with E-state index in [1.54, 1.807) is 4.90 Å². The van der Waals surface area contributed by atoms with Gasteiger partial charge in [-0.3, -0.25) is 14.9 Å². The van der Waals surface area contributed by atoms with E-state index in [9.17, 15) is 14.9 Å². The average molecular weight is 261 g/mol. The number of nitriles is 1. The van der Waals surface area contributed by atoms with Gasteiger partial charge in [-0.1, -0.05) is 0 Å². The Bertz CT molecular complexity index is 579. The normalized spacial score (nSPS) is 18.1. The Balaban J connectivity index is 2.29. The minimum Gasteiger partial charge on any atom is -0.481 e. The molecule has 0 saturated carbocycles. The lowest BCUT2D eigenvalue weighted by Gasteiger charge is -2.19. The molecule has 1 atom stereocenters. The molecule has 0 aliphatic carbocycles. The van der Waals surface area contributed by atoms with Crippen molar-refractivity contribution in [2.45, 2.75) is 6.42 Å². The van der Waals surface area contributed by atoms with Gasteiger partial charge in [0.2, 0.25) is 0 Å². The summed E-state index contributed by atoms with van der Waals surface area (Å²) in [4.78, 5) is 22.8. The molecule has 0 bridgehead atoms. The van der Waals surface area contributed by atoms with Gasteiger partial charge in [-0.2, -0.15) is 5.26 Å². The van der Waals surface area contributed by atoms with Crippen LogP contribution in [0.15, 0.2) is 18.2 Å². The Morgan fingerprint density at radius 2 is 2.32 bits per heavy atom. The van der Waals surface area contributed by atoms with Crippen LogP contribution in [0.2, 0.25) is 0 Å². The molecule has 1 aromatic carbocycles. The summed E-state index contributed by atoms with van der Waals surface area (Å²) in [6.45, 7) is 0.852. The van der Waals surface area contributed by atoms with Gasteiger partial charge in [0, 0.05) is 25.2 Å². The molecule has 1 aromatic rings. The zero-order valence-corrected chi connectivity index (χ0v) is 9.94. The molecule has 1 aliphatic rings. The Morgan fingerprint density at radius 3 is 2.84 bits per heavy atom. The van der Waals surface area contributed by atoms with Crippen LogP contribution < -0.4 is 4.90 Å². The van der Waals surface area contributed by atoms with Crippen molar-refractivity contribution in [3.63, 3.8) is 0 Å². The number of carboxylic acids is 1. The standard InChI is InChI=1S/C12H11N3O4/c13-6-9-5-10(15(18)19)1-2-11(9)14-4-3-8(7-14)12(16)17/h1-2,5,8H,3-4,7H2,(H,16,17). The summed E-state index contributed by atoms with van der Waals surface area (Å²) in [6, 6.07) is 5.95. The fourth-order valence-electron chi connectivity index (χ4n) is 2.18. The maximum atomic E-state index is 10.9. The number of nitrogens with zero attached hydrogens (tertiary/aromatic N) is 3. The average Bonchev–Trinajstić information content (AvgIpc) is 2.87. The first kappa shape index (κ1) is 12.8. The van der Waals surface area contributed by atoms with E-state index in [-0.39, 0.29) is 11.3 Å². The van der Waals surface area contributed by atoms with Crippen LogP contribution >= 0.6 is 0 Å². The number of hydrogen-bond acceptors (Lipinski definition) is 5. The molecule has 19 heavy (non-hydrogen) atoms. The van der Waals surface area contributed by atoms with E-state index in [0.29, 0.717) is 25.2 Å². The van der Waals surface area contributed by atoms with Crippen LogP contribution in [0.3, 0.4) is 0 Å². The van der Waals surface area contributed by atoms with Gasteiger partial charge in [-0.05, 0) is 12.5 Å². The van der Waals surface area contributed by atoms with Crippen molar-refractivity contribution in [1.82, 2.24) is 0 Å². The molecule has 1 aliphatic heterocycles. The Morgan fingerprint density at radius 1 is 1.58 bits per heavy atom. The smallest absolute Gasteiger partial charge is 0.308 e. The van der Waals surface area contributed by atoms with Crippen LogP contribution in [0.1, 0.15) is 12.0 Å². The van der Waals surface area contributed by atoms with Crippen LogP contribution in [0.4, 0.5) is 11.4 Å². The fourth-order valence-corrected chi connectivity index (χ4v) is 2.18. The maximum absolute atomic E-state index is 10.9. The number of nitro groups is 1. The first-order valence-corrected chi connectivity index (χ1v) is 5.69. The molecular weight excluding hydrogens is 250 g/mol. The topological polar surface area (TPSA) is 107 Å². The molecule has 2 rings (SSSR count). The van der Waals surface area contributed by atoms with E-state index in [2.05, 4.69) is 0 Å².